The van der Waals surface area contributed by atoms with Crippen LogP contribution in [0.5, 0.6) is 0 Å². The molecule has 0 aromatic rings. The van der Waals surface area contributed by atoms with Gasteiger partial charge in [-0.25, -0.2) is 9.18 Å². The molecule has 0 radical (unpaired) electrons. The molecule has 4 saturated carbocycles. The van der Waals surface area contributed by atoms with Gasteiger partial charge in [0.05, 0.1) is 5.41 Å². The van der Waals surface area contributed by atoms with E-state index in [0.29, 0.717) is 19.3 Å². The normalized spacial score (nSPS) is 32.5. The number of halogens is 4. The number of carbonyl (C=O) groups is 3. The van der Waals surface area contributed by atoms with Gasteiger partial charge in [-0.1, -0.05) is 0 Å². The van der Waals surface area contributed by atoms with Crippen molar-refractivity contribution in [2.24, 2.45) is 23.2 Å². The summed E-state index contributed by atoms with van der Waals surface area (Å²) < 4.78 is 92.6. The molecule has 8 nitrogen and oxygen atoms in total. The van der Waals surface area contributed by atoms with Gasteiger partial charge < -0.3 is 9.47 Å². The van der Waals surface area contributed by atoms with E-state index >= 15 is 0 Å². The number of Topliss-reactive ketones (excluding diaryl/α,β-unsaturated/α-hetero) is 1. The Bertz CT molecular complexity index is 894. The predicted octanol–water partition coefficient (Wildman–Crippen LogP) is 2.36. The van der Waals surface area contributed by atoms with Crippen molar-refractivity contribution in [2.75, 3.05) is 6.61 Å². The van der Waals surface area contributed by atoms with Crippen LogP contribution in [0.1, 0.15) is 46.0 Å². The maximum Gasteiger partial charge on any atom is 0.451 e. The van der Waals surface area contributed by atoms with E-state index in [2.05, 4.69) is 4.74 Å². The van der Waals surface area contributed by atoms with Gasteiger partial charge in [0.2, 0.25) is 0 Å². The lowest BCUT2D eigenvalue weighted by atomic mass is 9.53. The topological polar surface area (TPSA) is 124 Å². The average Bonchev–Trinajstić information content (AvgIpc) is 2.60. The summed E-state index contributed by atoms with van der Waals surface area (Å²) in [5.41, 5.74) is -2.65. The maximum atomic E-state index is 14.0. The van der Waals surface area contributed by atoms with Crippen molar-refractivity contribution in [3.05, 3.63) is 0 Å². The SMILES string of the molecule is CC(C)(COC(=O)C(F)(C(F)(F)F)S(=O)(=O)O)C(=O)OC12CC3CC(C1)C(=O)C(C3)C2. The summed E-state index contributed by atoms with van der Waals surface area (Å²) in [5, 5.41) is -5.69. The smallest absolute Gasteiger partial charge is 0.451 e. The largest absolute Gasteiger partial charge is 0.461 e. The molecule has 1 N–H and O–H groups in total. The van der Waals surface area contributed by atoms with Crippen molar-refractivity contribution in [1.29, 1.82) is 0 Å². The Labute approximate surface area is 175 Å². The Morgan fingerprint density at radius 1 is 1.06 bits per heavy atom. The molecule has 31 heavy (non-hydrogen) atoms. The Morgan fingerprint density at radius 3 is 2.03 bits per heavy atom. The molecule has 4 bridgehead atoms. The van der Waals surface area contributed by atoms with Crippen molar-refractivity contribution >= 4 is 27.8 Å². The van der Waals surface area contributed by atoms with Crippen LogP contribution in [0.2, 0.25) is 0 Å². The molecule has 4 fully saturated rings. The molecular weight excluding hydrogens is 452 g/mol. The summed E-state index contributed by atoms with van der Waals surface area (Å²) in [6, 6.07) is 0. The second kappa shape index (κ2) is 7.12. The zero-order valence-corrected chi connectivity index (χ0v) is 17.5. The Hall–Kier alpha value is -1.76. The lowest BCUT2D eigenvalue weighted by Gasteiger charge is -2.55. The van der Waals surface area contributed by atoms with Crippen LogP contribution < -0.4 is 0 Å². The zero-order valence-electron chi connectivity index (χ0n) is 16.7. The fourth-order valence-electron chi connectivity index (χ4n) is 4.90. The molecule has 3 unspecified atom stereocenters. The minimum absolute atomic E-state index is 0.146. The first-order valence-corrected chi connectivity index (χ1v) is 11.0. The summed E-state index contributed by atoms with van der Waals surface area (Å²) >= 11 is 0. The van der Waals surface area contributed by atoms with Gasteiger partial charge in [0, 0.05) is 11.8 Å². The van der Waals surface area contributed by atoms with E-state index in [1.165, 1.54) is 0 Å². The van der Waals surface area contributed by atoms with Crippen molar-refractivity contribution in [3.8, 4) is 0 Å². The van der Waals surface area contributed by atoms with Crippen LogP contribution in [-0.4, -0.2) is 54.1 Å². The first kappa shape index (κ1) is 23.9. The van der Waals surface area contributed by atoms with Gasteiger partial charge in [-0.05, 0) is 51.9 Å². The van der Waals surface area contributed by atoms with Crippen LogP contribution in [-0.2, 0) is 34.0 Å². The van der Waals surface area contributed by atoms with E-state index < -0.39 is 50.9 Å². The van der Waals surface area contributed by atoms with Gasteiger partial charge >= 0.3 is 33.2 Å². The molecule has 3 atom stereocenters. The van der Waals surface area contributed by atoms with Crippen LogP contribution in [0.4, 0.5) is 17.6 Å². The van der Waals surface area contributed by atoms with E-state index in [9.17, 15) is 40.4 Å². The number of hydrogen-bond donors (Lipinski definition) is 1. The van der Waals surface area contributed by atoms with Crippen molar-refractivity contribution in [1.82, 2.24) is 0 Å². The summed E-state index contributed by atoms with van der Waals surface area (Å²) in [7, 11) is -6.57. The maximum absolute atomic E-state index is 14.0. The van der Waals surface area contributed by atoms with E-state index in [4.69, 9.17) is 9.29 Å². The minimum atomic E-state index is -6.57. The van der Waals surface area contributed by atoms with Gasteiger partial charge in [0.1, 0.15) is 18.0 Å². The standard InChI is InChI=1S/C18H22F4O8S/c1-15(2,8-29-14(25)17(19,18(20,21)22)31(26,27)28)13(24)30-16-5-9-3-10(6-16)12(23)11(4-9)7-16/h9-11H,3-8H2,1-2H3,(H,26,27,28). The first-order valence-electron chi connectivity index (χ1n) is 9.59. The predicted molar refractivity (Wildman–Crippen MR) is 93.6 cm³/mol. The Balaban J connectivity index is 1.69. The van der Waals surface area contributed by atoms with Crippen LogP contribution in [0.25, 0.3) is 0 Å². The van der Waals surface area contributed by atoms with Gasteiger partial charge in [-0.2, -0.15) is 21.6 Å². The third-order valence-electron chi connectivity index (χ3n) is 6.35. The number of carbonyl (C=O) groups excluding carboxylic acids is 3. The molecular formula is C18H22F4O8S. The second-order valence-corrected chi connectivity index (χ2v) is 10.9. The highest BCUT2D eigenvalue weighted by Crippen LogP contribution is 2.56. The first-order chi connectivity index (χ1) is 13.9. The molecule has 0 aliphatic heterocycles. The molecule has 4 aliphatic rings. The third-order valence-corrected chi connectivity index (χ3v) is 7.46. The molecule has 0 heterocycles. The number of alkyl halides is 4. The fourth-order valence-corrected chi connectivity index (χ4v) is 5.46. The molecule has 0 amide bonds. The lowest BCUT2D eigenvalue weighted by Crippen LogP contribution is -2.58. The number of rotatable bonds is 6. The van der Waals surface area contributed by atoms with Gasteiger partial charge in [-0.3, -0.25) is 14.1 Å². The monoisotopic (exact) mass is 474 g/mol. The van der Waals surface area contributed by atoms with Crippen molar-refractivity contribution in [2.45, 2.75) is 62.7 Å². The number of ether oxygens (including phenoxy) is 2. The fraction of sp³-hybridized carbons (Fsp3) is 0.833. The highest BCUT2D eigenvalue weighted by molar-refractivity contribution is 7.88. The van der Waals surface area contributed by atoms with Crippen LogP contribution in [0.3, 0.4) is 0 Å². The van der Waals surface area contributed by atoms with Crippen LogP contribution >= 0.6 is 0 Å². The van der Waals surface area contributed by atoms with Crippen LogP contribution in [0.15, 0.2) is 0 Å². The Kier molecular flexibility index (Phi) is 5.49. The minimum Gasteiger partial charge on any atom is -0.461 e. The van der Waals surface area contributed by atoms with Crippen LogP contribution in [0, 0.1) is 23.2 Å². The highest BCUT2D eigenvalue weighted by atomic mass is 32.2. The highest BCUT2D eigenvalue weighted by Gasteiger charge is 2.73. The summed E-state index contributed by atoms with van der Waals surface area (Å²) in [6.07, 6.45) is -3.65. The Morgan fingerprint density at radius 2 is 1.58 bits per heavy atom. The summed E-state index contributed by atoms with van der Waals surface area (Å²) in [6.45, 7) is 1.19. The molecule has 4 aliphatic carbocycles. The van der Waals surface area contributed by atoms with E-state index in [1.807, 2.05) is 0 Å². The van der Waals surface area contributed by atoms with E-state index in [0.717, 1.165) is 26.7 Å². The van der Waals surface area contributed by atoms with Gasteiger partial charge in [-0.15, -0.1) is 0 Å². The van der Waals surface area contributed by atoms with E-state index in [1.54, 1.807) is 0 Å². The summed E-state index contributed by atoms with van der Waals surface area (Å²) in [4.78, 5) is 36.6. The zero-order chi connectivity index (χ0) is 23.6. The summed E-state index contributed by atoms with van der Waals surface area (Å²) in [5.74, 6) is -3.92. The molecule has 4 rings (SSSR count). The van der Waals surface area contributed by atoms with Crippen molar-refractivity contribution < 1.29 is 54.4 Å². The van der Waals surface area contributed by atoms with Gasteiger partial charge in [0.25, 0.3) is 0 Å². The average molecular weight is 474 g/mol. The van der Waals surface area contributed by atoms with E-state index in [-0.39, 0.29) is 23.5 Å². The molecule has 0 spiro atoms. The number of ketones is 1. The molecule has 176 valence electrons. The number of hydrogen-bond acceptors (Lipinski definition) is 7. The quantitative estimate of drug-likeness (QED) is 0.354. The second-order valence-electron chi connectivity index (χ2n) is 9.35. The molecule has 0 saturated heterocycles. The molecule has 13 heteroatoms. The van der Waals surface area contributed by atoms with Crippen molar-refractivity contribution in [3.63, 3.8) is 0 Å². The van der Waals surface area contributed by atoms with Gasteiger partial charge in [0.15, 0.2) is 0 Å². The molecule has 0 aromatic heterocycles. The third kappa shape index (κ3) is 3.94. The lowest BCUT2D eigenvalue weighted by molar-refractivity contribution is -0.218. The number of esters is 2. The molecule has 0 aromatic carbocycles.